The van der Waals surface area contributed by atoms with E-state index in [1.807, 2.05) is 29.2 Å². The van der Waals surface area contributed by atoms with Crippen LogP contribution in [-0.2, 0) is 0 Å². The second-order valence-corrected chi connectivity index (χ2v) is 8.53. The van der Waals surface area contributed by atoms with Crippen LogP contribution in [0.2, 0.25) is 5.02 Å². The number of phenols is 1. The van der Waals surface area contributed by atoms with Crippen molar-refractivity contribution in [1.82, 2.24) is 15.1 Å². The molecule has 0 bridgehead atoms. The number of carbonyl (C=O) groups is 1. The number of hydrogen-bond acceptors (Lipinski definition) is 3. The van der Waals surface area contributed by atoms with Gasteiger partial charge in [0.1, 0.15) is 17.1 Å². The van der Waals surface area contributed by atoms with Gasteiger partial charge in [0.25, 0.3) is 5.91 Å². The standard InChI is InChI=1S/C22H21BrClN3O2/c1-2-3-4-11-27-21(13-5-7-14(23)8-6-13)18-19(25-26-20(18)22(27)29)16-12-15(24)9-10-17(16)28/h5-10,12,21,28H,2-4,11H2,1H3,(H,25,26). The van der Waals surface area contributed by atoms with Crippen LogP contribution in [0.5, 0.6) is 5.75 Å². The quantitative estimate of drug-likeness (QED) is 0.435. The van der Waals surface area contributed by atoms with Crippen LogP contribution in [0.15, 0.2) is 46.9 Å². The second-order valence-electron chi connectivity index (χ2n) is 7.18. The molecule has 1 aromatic heterocycles. The molecule has 4 rings (SSSR count). The number of fused-ring (bicyclic) bond motifs is 1. The summed E-state index contributed by atoms with van der Waals surface area (Å²) >= 11 is 9.64. The molecule has 0 saturated heterocycles. The highest BCUT2D eigenvalue weighted by molar-refractivity contribution is 9.10. The highest BCUT2D eigenvalue weighted by Gasteiger charge is 2.42. The summed E-state index contributed by atoms with van der Waals surface area (Å²) in [7, 11) is 0. The highest BCUT2D eigenvalue weighted by Crippen LogP contribution is 2.45. The molecular formula is C22H21BrClN3O2. The lowest BCUT2D eigenvalue weighted by Crippen LogP contribution is -2.30. The summed E-state index contributed by atoms with van der Waals surface area (Å²) in [5.74, 6) is 0.0134. The third-order valence-corrected chi connectivity index (χ3v) is 6.03. The fourth-order valence-electron chi connectivity index (χ4n) is 3.85. The lowest BCUT2D eigenvalue weighted by Gasteiger charge is -2.26. The van der Waals surface area contributed by atoms with E-state index < -0.39 is 0 Å². The summed E-state index contributed by atoms with van der Waals surface area (Å²) in [4.78, 5) is 15.1. The molecule has 2 N–H and O–H groups in total. The van der Waals surface area contributed by atoms with Crippen molar-refractivity contribution in [1.29, 1.82) is 0 Å². The van der Waals surface area contributed by atoms with E-state index in [0.29, 0.717) is 28.5 Å². The number of rotatable bonds is 6. The normalized spacial score (nSPS) is 15.8. The van der Waals surface area contributed by atoms with E-state index in [1.54, 1.807) is 18.2 Å². The van der Waals surface area contributed by atoms with Crippen LogP contribution in [0.3, 0.4) is 0 Å². The van der Waals surface area contributed by atoms with Crippen molar-refractivity contribution in [3.8, 4) is 17.0 Å². The van der Waals surface area contributed by atoms with Crippen LogP contribution in [0.1, 0.15) is 53.8 Å². The van der Waals surface area contributed by atoms with Crippen molar-refractivity contribution in [2.24, 2.45) is 0 Å². The molecule has 2 aromatic carbocycles. The minimum atomic E-state index is -0.269. The molecule has 1 amide bonds. The molecule has 7 heteroatoms. The molecule has 0 fully saturated rings. The number of benzene rings is 2. The van der Waals surface area contributed by atoms with E-state index in [-0.39, 0.29) is 17.7 Å². The third-order valence-electron chi connectivity index (χ3n) is 5.27. The maximum absolute atomic E-state index is 13.2. The van der Waals surface area contributed by atoms with E-state index in [0.717, 1.165) is 34.9 Å². The van der Waals surface area contributed by atoms with Gasteiger partial charge in [0, 0.05) is 27.2 Å². The van der Waals surface area contributed by atoms with E-state index in [4.69, 9.17) is 11.6 Å². The number of nitrogens with one attached hydrogen (secondary N) is 1. The van der Waals surface area contributed by atoms with Gasteiger partial charge in [-0.15, -0.1) is 0 Å². The van der Waals surface area contributed by atoms with Crippen LogP contribution >= 0.6 is 27.5 Å². The Kier molecular flexibility index (Phi) is 5.65. The van der Waals surface area contributed by atoms with E-state index in [9.17, 15) is 9.90 Å². The number of halogens is 2. The van der Waals surface area contributed by atoms with Gasteiger partial charge in [0.2, 0.25) is 0 Å². The van der Waals surface area contributed by atoms with Crippen molar-refractivity contribution < 1.29 is 9.90 Å². The number of phenolic OH excluding ortho intramolecular Hbond substituents is 1. The third kappa shape index (κ3) is 3.67. The first-order valence-electron chi connectivity index (χ1n) is 9.64. The van der Waals surface area contributed by atoms with Crippen molar-refractivity contribution >= 4 is 33.4 Å². The van der Waals surface area contributed by atoms with Gasteiger partial charge in [-0.2, -0.15) is 5.10 Å². The van der Waals surface area contributed by atoms with Crippen LogP contribution in [0, 0.1) is 0 Å². The lowest BCUT2D eigenvalue weighted by molar-refractivity contribution is 0.0740. The molecule has 2 heterocycles. The fourth-order valence-corrected chi connectivity index (χ4v) is 4.29. The fraction of sp³-hybridized carbons (Fsp3) is 0.273. The van der Waals surface area contributed by atoms with Gasteiger partial charge in [0.05, 0.1) is 6.04 Å². The first-order chi connectivity index (χ1) is 14.0. The smallest absolute Gasteiger partial charge is 0.273 e. The predicted octanol–water partition coefficient (Wildman–Crippen LogP) is 5.93. The number of carbonyl (C=O) groups excluding carboxylic acids is 1. The summed E-state index contributed by atoms with van der Waals surface area (Å²) < 4.78 is 0.975. The number of amides is 1. The molecule has 0 aliphatic carbocycles. The number of aromatic nitrogens is 2. The first kappa shape index (κ1) is 20.0. The van der Waals surface area contributed by atoms with Gasteiger partial charge < -0.3 is 10.0 Å². The first-order valence-corrected chi connectivity index (χ1v) is 10.8. The van der Waals surface area contributed by atoms with Gasteiger partial charge in [-0.05, 0) is 42.3 Å². The second kappa shape index (κ2) is 8.20. The summed E-state index contributed by atoms with van der Waals surface area (Å²) in [6.07, 6.45) is 3.08. The van der Waals surface area contributed by atoms with Gasteiger partial charge >= 0.3 is 0 Å². The van der Waals surface area contributed by atoms with Crippen molar-refractivity contribution in [2.75, 3.05) is 6.54 Å². The molecule has 1 atom stereocenters. The molecule has 1 aliphatic rings. The minimum Gasteiger partial charge on any atom is -0.507 e. The summed E-state index contributed by atoms with van der Waals surface area (Å²) in [6.45, 7) is 2.81. The highest BCUT2D eigenvalue weighted by atomic mass is 79.9. The number of aromatic amines is 1. The Balaban J connectivity index is 1.85. The Morgan fingerprint density at radius 1 is 1.21 bits per heavy atom. The van der Waals surface area contributed by atoms with Crippen LogP contribution in [0.4, 0.5) is 0 Å². The predicted molar refractivity (Wildman–Crippen MR) is 117 cm³/mol. The zero-order valence-electron chi connectivity index (χ0n) is 16.0. The topological polar surface area (TPSA) is 69.2 Å². The Labute approximate surface area is 182 Å². The zero-order chi connectivity index (χ0) is 20.5. The summed E-state index contributed by atoms with van der Waals surface area (Å²) in [5, 5.41) is 18.2. The molecular weight excluding hydrogens is 454 g/mol. The van der Waals surface area contributed by atoms with Crippen LogP contribution in [0.25, 0.3) is 11.3 Å². The summed E-state index contributed by atoms with van der Waals surface area (Å²) in [6, 6.07) is 12.5. The van der Waals surface area contributed by atoms with Gasteiger partial charge in [-0.25, -0.2) is 0 Å². The number of unbranched alkanes of at least 4 members (excludes halogenated alkanes) is 2. The molecule has 1 unspecified atom stereocenters. The van der Waals surface area contributed by atoms with Gasteiger partial charge in [-0.1, -0.05) is 59.4 Å². The maximum Gasteiger partial charge on any atom is 0.273 e. The minimum absolute atomic E-state index is 0.0655. The zero-order valence-corrected chi connectivity index (χ0v) is 18.3. The van der Waals surface area contributed by atoms with Crippen molar-refractivity contribution in [2.45, 2.75) is 32.2 Å². The molecule has 3 aromatic rings. The molecule has 150 valence electrons. The van der Waals surface area contributed by atoms with Crippen molar-refractivity contribution in [3.63, 3.8) is 0 Å². The van der Waals surface area contributed by atoms with Crippen molar-refractivity contribution in [3.05, 3.63) is 68.8 Å². The van der Waals surface area contributed by atoms with Crippen LogP contribution < -0.4 is 0 Å². The SMILES string of the molecule is CCCCCN1C(=O)c2[nH]nc(-c3cc(Cl)ccc3O)c2C1c1ccc(Br)cc1. The van der Waals surface area contributed by atoms with Gasteiger partial charge in [-0.3, -0.25) is 9.89 Å². The molecule has 0 saturated carbocycles. The number of nitrogens with zero attached hydrogens (tertiary/aromatic N) is 2. The Hall–Kier alpha value is -2.31. The monoisotopic (exact) mass is 473 g/mol. The number of hydrogen-bond donors (Lipinski definition) is 2. The number of aromatic hydroxyl groups is 1. The number of H-pyrrole nitrogens is 1. The van der Waals surface area contributed by atoms with Crippen LogP contribution in [-0.4, -0.2) is 32.7 Å². The molecule has 1 aliphatic heterocycles. The molecule has 5 nitrogen and oxygen atoms in total. The molecule has 0 radical (unpaired) electrons. The molecule has 29 heavy (non-hydrogen) atoms. The maximum atomic E-state index is 13.2. The van der Waals surface area contributed by atoms with E-state index in [2.05, 4.69) is 33.1 Å². The average Bonchev–Trinajstić information content (AvgIpc) is 3.24. The Bertz CT molecular complexity index is 1050. The van der Waals surface area contributed by atoms with E-state index in [1.165, 1.54) is 0 Å². The Morgan fingerprint density at radius 3 is 2.69 bits per heavy atom. The largest absolute Gasteiger partial charge is 0.507 e. The molecule has 0 spiro atoms. The summed E-state index contributed by atoms with van der Waals surface area (Å²) in [5.41, 5.74) is 3.33. The lowest BCUT2D eigenvalue weighted by atomic mass is 9.95. The van der Waals surface area contributed by atoms with E-state index >= 15 is 0 Å². The van der Waals surface area contributed by atoms with Gasteiger partial charge in [0.15, 0.2) is 0 Å². The average molecular weight is 475 g/mol. The Morgan fingerprint density at radius 2 is 1.97 bits per heavy atom.